The van der Waals surface area contributed by atoms with E-state index >= 15 is 0 Å². The molecular formula is C11H12IN. The summed E-state index contributed by atoms with van der Waals surface area (Å²) < 4.78 is 1.17. The fourth-order valence-corrected chi connectivity index (χ4v) is 1.65. The molecule has 0 fully saturated rings. The molecule has 0 saturated heterocycles. The lowest BCUT2D eigenvalue weighted by molar-refractivity contribution is 1.33. The SMILES string of the molecule is C=C1/C=C(N)\C=C/C/C=C\C(I)=C/1. The van der Waals surface area contributed by atoms with Gasteiger partial charge in [-0.15, -0.1) is 0 Å². The van der Waals surface area contributed by atoms with E-state index in [-0.39, 0.29) is 0 Å². The average Bonchev–Trinajstić information content (AvgIpc) is 2.02. The van der Waals surface area contributed by atoms with Gasteiger partial charge in [0.2, 0.25) is 0 Å². The van der Waals surface area contributed by atoms with Gasteiger partial charge in [-0.25, -0.2) is 0 Å². The Bertz CT molecular complexity index is 289. The van der Waals surface area contributed by atoms with Gasteiger partial charge in [-0.1, -0.05) is 24.8 Å². The van der Waals surface area contributed by atoms with E-state index in [0.29, 0.717) is 0 Å². The van der Waals surface area contributed by atoms with Gasteiger partial charge >= 0.3 is 0 Å². The zero-order chi connectivity index (χ0) is 9.68. The van der Waals surface area contributed by atoms with Gasteiger partial charge in [-0.2, -0.15) is 0 Å². The molecule has 0 heterocycles. The van der Waals surface area contributed by atoms with E-state index in [1.54, 1.807) is 0 Å². The van der Waals surface area contributed by atoms with Crippen molar-refractivity contribution in [3.05, 3.63) is 57.9 Å². The molecule has 0 radical (unpaired) electrons. The highest BCUT2D eigenvalue weighted by atomic mass is 127. The summed E-state index contributed by atoms with van der Waals surface area (Å²) in [4.78, 5) is 0. The summed E-state index contributed by atoms with van der Waals surface area (Å²) >= 11 is 2.27. The Labute approximate surface area is 92.5 Å². The standard InChI is InChI=1S/C11H12IN/c1-9-7-10(12)5-3-2-4-6-11(13)8-9/h3-8H,1-2,13H2/b5-3-,6-4-,10-7+,11-8+. The summed E-state index contributed by atoms with van der Waals surface area (Å²) in [5.41, 5.74) is 7.40. The van der Waals surface area contributed by atoms with Gasteiger partial charge in [-0.05, 0) is 52.8 Å². The van der Waals surface area contributed by atoms with Crippen LogP contribution in [-0.2, 0) is 0 Å². The Morgan fingerprint density at radius 3 is 2.69 bits per heavy atom. The highest BCUT2D eigenvalue weighted by Crippen LogP contribution is 2.13. The molecule has 0 aromatic rings. The van der Waals surface area contributed by atoms with Crippen LogP contribution >= 0.6 is 22.6 Å². The summed E-state index contributed by atoms with van der Waals surface area (Å²) in [6.07, 6.45) is 12.9. The maximum absolute atomic E-state index is 5.72. The second-order valence-corrected chi connectivity index (χ2v) is 4.03. The quantitative estimate of drug-likeness (QED) is 0.679. The van der Waals surface area contributed by atoms with Crippen molar-refractivity contribution in [2.75, 3.05) is 0 Å². The van der Waals surface area contributed by atoms with Gasteiger partial charge < -0.3 is 5.73 Å². The Balaban J connectivity index is 2.93. The molecule has 0 bridgehead atoms. The molecule has 0 atom stereocenters. The molecule has 0 saturated carbocycles. The van der Waals surface area contributed by atoms with Crippen LogP contribution in [0.25, 0.3) is 0 Å². The van der Waals surface area contributed by atoms with Crippen molar-refractivity contribution in [3.63, 3.8) is 0 Å². The summed E-state index contributed by atoms with van der Waals surface area (Å²) in [6.45, 7) is 3.88. The Morgan fingerprint density at radius 1 is 1.23 bits per heavy atom. The van der Waals surface area contributed by atoms with Gasteiger partial charge in [-0.3, -0.25) is 0 Å². The molecular weight excluding hydrogens is 273 g/mol. The maximum Gasteiger partial charge on any atom is 0.0316 e. The first-order chi connectivity index (χ1) is 6.18. The molecule has 0 unspecified atom stereocenters. The summed E-state index contributed by atoms with van der Waals surface area (Å²) in [5, 5.41) is 0. The lowest BCUT2D eigenvalue weighted by Gasteiger charge is -1.97. The van der Waals surface area contributed by atoms with Crippen molar-refractivity contribution in [2.24, 2.45) is 5.73 Å². The minimum atomic E-state index is 0.751. The zero-order valence-corrected chi connectivity index (χ0v) is 9.49. The van der Waals surface area contributed by atoms with Crippen LogP contribution in [0.1, 0.15) is 6.42 Å². The number of hydrogen-bond acceptors (Lipinski definition) is 1. The lowest BCUT2D eigenvalue weighted by Crippen LogP contribution is -1.93. The smallest absolute Gasteiger partial charge is 0.0316 e. The van der Waals surface area contributed by atoms with Crippen molar-refractivity contribution >= 4 is 22.6 Å². The number of hydrogen-bond donors (Lipinski definition) is 1. The largest absolute Gasteiger partial charge is 0.399 e. The van der Waals surface area contributed by atoms with Crippen LogP contribution in [0.4, 0.5) is 0 Å². The van der Waals surface area contributed by atoms with E-state index in [1.807, 2.05) is 24.3 Å². The molecule has 68 valence electrons. The molecule has 13 heavy (non-hydrogen) atoms. The molecule has 0 aliphatic heterocycles. The molecule has 1 aliphatic rings. The number of nitrogens with two attached hydrogens (primary N) is 1. The normalized spacial score (nSPS) is 31.0. The summed E-state index contributed by atoms with van der Waals surface area (Å²) in [7, 11) is 0. The van der Waals surface area contributed by atoms with E-state index < -0.39 is 0 Å². The molecule has 2 heteroatoms. The Hall–Kier alpha value is -0.770. The minimum Gasteiger partial charge on any atom is -0.399 e. The number of rotatable bonds is 0. The van der Waals surface area contributed by atoms with Crippen LogP contribution < -0.4 is 5.73 Å². The summed E-state index contributed by atoms with van der Waals surface area (Å²) in [5.74, 6) is 0. The molecule has 1 nitrogen and oxygen atoms in total. The van der Waals surface area contributed by atoms with Crippen molar-refractivity contribution in [1.29, 1.82) is 0 Å². The molecule has 1 aliphatic carbocycles. The third kappa shape index (κ3) is 4.12. The van der Waals surface area contributed by atoms with Crippen LogP contribution in [0, 0.1) is 0 Å². The van der Waals surface area contributed by atoms with Crippen molar-refractivity contribution in [3.8, 4) is 0 Å². The van der Waals surface area contributed by atoms with E-state index in [4.69, 9.17) is 5.73 Å². The van der Waals surface area contributed by atoms with Crippen LogP contribution in [0.2, 0.25) is 0 Å². The average molecular weight is 285 g/mol. The zero-order valence-electron chi connectivity index (χ0n) is 7.33. The van der Waals surface area contributed by atoms with Crippen molar-refractivity contribution in [1.82, 2.24) is 0 Å². The van der Waals surface area contributed by atoms with Gasteiger partial charge in [0.1, 0.15) is 0 Å². The molecule has 2 N–H and O–H groups in total. The first kappa shape index (κ1) is 10.3. The second kappa shape index (κ2) is 5.07. The number of halogens is 1. The predicted octanol–water partition coefficient (Wildman–Crippen LogP) is 3.22. The fraction of sp³-hybridized carbons (Fsp3) is 0.0909. The van der Waals surface area contributed by atoms with E-state index in [0.717, 1.165) is 17.7 Å². The summed E-state index contributed by atoms with van der Waals surface area (Å²) in [6, 6.07) is 0. The second-order valence-electron chi connectivity index (χ2n) is 2.79. The Kier molecular flexibility index (Phi) is 4.02. The topological polar surface area (TPSA) is 26.0 Å². The van der Waals surface area contributed by atoms with Gasteiger partial charge in [0.15, 0.2) is 0 Å². The van der Waals surface area contributed by atoms with Gasteiger partial charge in [0.25, 0.3) is 0 Å². The van der Waals surface area contributed by atoms with Crippen molar-refractivity contribution in [2.45, 2.75) is 6.42 Å². The third-order valence-corrected chi connectivity index (χ3v) is 2.21. The molecule has 0 amide bonds. The monoisotopic (exact) mass is 285 g/mol. The molecule has 1 rings (SSSR count). The van der Waals surface area contributed by atoms with Crippen LogP contribution in [0.5, 0.6) is 0 Å². The Morgan fingerprint density at radius 2 is 1.92 bits per heavy atom. The van der Waals surface area contributed by atoms with E-state index in [2.05, 4.69) is 41.3 Å². The van der Waals surface area contributed by atoms with E-state index in [1.165, 1.54) is 3.58 Å². The van der Waals surface area contributed by atoms with Gasteiger partial charge in [0.05, 0.1) is 0 Å². The predicted molar refractivity (Wildman–Crippen MR) is 66.4 cm³/mol. The van der Waals surface area contributed by atoms with Gasteiger partial charge in [0, 0.05) is 9.28 Å². The van der Waals surface area contributed by atoms with E-state index in [9.17, 15) is 0 Å². The maximum atomic E-state index is 5.72. The van der Waals surface area contributed by atoms with Crippen LogP contribution in [0.3, 0.4) is 0 Å². The number of allylic oxidation sites excluding steroid dienone is 8. The molecule has 0 aromatic carbocycles. The third-order valence-electron chi connectivity index (χ3n) is 1.53. The first-order valence-electron chi connectivity index (χ1n) is 4.05. The lowest BCUT2D eigenvalue weighted by atomic mass is 10.2. The molecule has 0 aromatic heterocycles. The molecule has 0 spiro atoms. The minimum absolute atomic E-state index is 0.751. The van der Waals surface area contributed by atoms with Crippen LogP contribution in [0.15, 0.2) is 57.9 Å². The van der Waals surface area contributed by atoms with Crippen molar-refractivity contribution < 1.29 is 0 Å². The fourth-order valence-electron chi connectivity index (χ4n) is 0.992. The highest BCUT2D eigenvalue weighted by molar-refractivity contribution is 14.1. The first-order valence-corrected chi connectivity index (χ1v) is 5.13. The van der Waals surface area contributed by atoms with Crippen LogP contribution in [-0.4, -0.2) is 0 Å². The highest BCUT2D eigenvalue weighted by Gasteiger charge is 1.90.